The largest absolute Gasteiger partial charge is 0.503 e. The number of benzene rings is 1. The lowest BCUT2D eigenvalue weighted by molar-refractivity contribution is 0.101. The van der Waals surface area contributed by atoms with Crippen molar-refractivity contribution in [2.24, 2.45) is 0 Å². The molecule has 0 aliphatic rings. The van der Waals surface area contributed by atoms with Crippen LogP contribution in [0.4, 0.5) is 0 Å². The molecule has 0 aliphatic heterocycles. The van der Waals surface area contributed by atoms with E-state index in [1.807, 2.05) is 0 Å². The summed E-state index contributed by atoms with van der Waals surface area (Å²) in [6.45, 7) is 1.70. The number of aryl methyl sites for hydroxylation is 1. The normalized spacial score (nSPS) is 11.0. The minimum Gasteiger partial charge on any atom is -0.503 e. The molecule has 8 nitrogen and oxygen atoms in total. The van der Waals surface area contributed by atoms with Crippen LogP contribution in [0.2, 0.25) is 0 Å². The number of hydrogen-bond donors (Lipinski definition) is 2. The Morgan fingerprint density at radius 2 is 2.03 bits per heavy atom. The number of nitrogens with zero attached hydrogens (tertiary/aromatic N) is 4. The Bertz CT molecular complexity index is 1520. The van der Waals surface area contributed by atoms with Crippen molar-refractivity contribution in [3.05, 3.63) is 77.4 Å². The summed E-state index contributed by atoms with van der Waals surface area (Å²) < 4.78 is 6.76. The van der Waals surface area contributed by atoms with Gasteiger partial charge in [-0.15, -0.1) is 0 Å². The van der Waals surface area contributed by atoms with E-state index < -0.39 is 17.4 Å². The molecule has 0 saturated heterocycles. The number of fused-ring (bicyclic) bond motifs is 1. The molecule has 2 N–H and O–H groups in total. The molecule has 156 valence electrons. The van der Waals surface area contributed by atoms with E-state index in [-0.39, 0.29) is 17.0 Å². The maximum absolute atomic E-state index is 13.3. The van der Waals surface area contributed by atoms with Gasteiger partial charge >= 0.3 is 0 Å². The van der Waals surface area contributed by atoms with Gasteiger partial charge in [0.2, 0.25) is 11.7 Å². The second-order valence-electron chi connectivity index (χ2n) is 6.99. The molecule has 32 heavy (non-hydrogen) atoms. The molecule has 5 aromatic rings. The lowest BCUT2D eigenvalue weighted by atomic mass is 10.0. The lowest BCUT2D eigenvalue weighted by Crippen LogP contribution is -2.04. The molecule has 4 heterocycles. The standard InChI is InChI=1S/C23H14N4O4S/c1-12-7-8-16(31-12)19(28)17-18(14-5-2-4-13(10-14)11-24)27(22(30)20(17)29)23-26-15-6-3-9-25-21(15)32-23/h2-10,29-30H,1H3. The highest BCUT2D eigenvalue weighted by Crippen LogP contribution is 2.45. The van der Waals surface area contributed by atoms with Gasteiger partial charge in [-0.1, -0.05) is 23.5 Å². The van der Waals surface area contributed by atoms with Crippen molar-refractivity contribution < 1.29 is 19.4 Å². The minimum absolute atomic E-state index is 0.0126. The number of furan rings is 1. The molecule has 0 saturated carbocycles. The van der Waals surface area contributed by atoms with Crippen LogP contribution >= 0.6 is 11.3 Å². The number of nitriles is 1. The number of aromatic hydroxyl groups is 2. The zero-order valence-corrected chi connectivity index (χ0v) is 17.4. The highest BCUT2D eigenvalue weighted by Gasteiger charge is 2.32. The lowest BCUT2D eigenvalue weighted by Gasteiger charge is -2.09. The zero-order chi connectivity index (χ0) is 22.4. The molecule has 0 unspecified atom stereocenters. The van der Waals surface area contributed by atoms with Gasteiger partial charge in [-0.25, -0.2) is 9.97 Å². The Kier molecular flexibility index (Phi) is 4.50. The Labute approximate surface area is 185 Å². The summed E-state index contributed by atoms with van der Waals surface area (Å²) in [4.78, 5) is 22.7. The molecule has 0 atom stereocenters. The van der Waals surface area contributed by atoms with Crippen molar-refractivity contribution in [2.45, 2.75) is 6.92 Å². The van der Waals surface area contributed by atoms with E-state index in [0.29, 0.717) is 32.4 Å². The number of carbonyl (C=O) groups excluding carboxylic acids is 1. The van der Waals surface area contributed by atoms with Crippen LogP contribution < -0.4 is 0 Å². The number of aromatic nitrogens is 3. The van der Waals surface area contributed by atoms with E-state index in [9.17, 15) is 20.3 Å². The summed E-state index contributed by atoms with van der Waals surface area (Å²) in [7, 11) is 0. The third-order valence-corrected chi connectivity index (χ3v) is 5.89. The van der Waals surface area contributed by atoms with Crippen molar-refractivity contribution in [3.63, 3.8) is 0 Å². The molecule has 0 amide bonds. The van der Waals surface area contributed by atoms with Gasteiger partial charge in [-0.2, -0.15) is 5.26 Å². The fraction of sp³-hybridized carbons (Fsp3) is 0.0435. The van der Waals surface area contributed by atoms with Crippen LogP contribution in [0.1, 0.15) is 27.4 Å². The summed E-state index contributed by atoms with van der Waals surface area (Å²) in [6, 6.07) is 15.2. The van der Waals surface area contributed by atoms with Gasteiger partial charge in [0.25, 0.3) is 0 Å². The van der Waals surface area contributed by atoms with Crippen LogP contribution in [0, 0.1) is 18.3 Å². The second kappa shape index (κ2) is 7.37. The third-order valence-electron chi connectivity index (χ3n) is 4.92. The van der Waals surface area contributed by atoms with E-state index in [2.05, 4.69) is 16.0 Å². The summed E-state index contributed by atoms with van der Waals surface area (Å²) in [5.74, 6) is -1.22. The van der Waals surface area contributed by atoms with Crippen molar-refractivity contribution >= 4 is 27.5 Å². The number of carbonyl (C=O) groups is 1. The van der Waals surface area contributed by atoms with Crippen LogP contribution in [0.15, 0.2) is 59.1 Å². The monoisotopic (exact) mass is 442 g/mol. The smallest absolute Gasteiger partial charge is 0.242 e. The summed E-state index contributed by atoms with van der Waals surface area (Å²) in [6.07, 6.45) is 1.63. The SMILES string of the molecule is Cc1ccc(C(=O)c2c(O)c(O)n(-c3nc4cccnc4s3)c2-c2cccc(C#N)c2)o1. The number of rotatable bonds is 4. The van der Waals surface area contributed by atoms with Crippen molar-refractivity contribution in [2.75, 3.05) is 0 Å². The quantitative estimate of drug-likeness (QED) is 0.391. The molecule has 5 rings (SSSR count). The maximum Gasteiger partial charge on any atom is 0.242 e. The van der Waals surface area contributed by atoms with Gasteiger partial charge in [0.1, 0.15) is 16.1 Å². The fourth-order valence-corrected chi connectivity index (χ4v) is 4.41. The molecule has 0 fully saturated rings. The highest BCUT2D eigenvalue weighted by molar-refractivity contribution is 7.20. The predicted octanol–water partition coefficient (Wildman–Crippen LogP) is 4.56. The van der Waals surface area contributed by atoms with Gasteiger partial charge in [-0.05, 0) is 43.3 Å². The Morgan fingerprint density at radius 1 is 1.19 bits per heavy atom. The van der Waals surface area contributed by atoms with Crippen LogP contribution in [0.3, 0.4) is 0 Å². The first-order chi connectivity index (χ1) is 15.5. The van der Waals surface area contributed by atoms with Crippen molar-refractivity contribution in [1.82, 2.24) is 14.5 Å². The molecule has 0 spiro atoms. The Balaban J connectivity index is 1.83. The molecule has 1 aromatic carbocycles. The van der Waals surface area contributed by atoms with Gasteiger partial charge in [0.15, 0.2) is 16.6 Å². The first-order valence-corrected chi connectivity index (χ1v) is 10.3. The molecule has 0 aliphatic carbocycles. The zero-order valence-electron chi connectivity index (χ0n) is 16.6. The van der Waals surface area contributed by atoms with Gasteiger partial charge in [0, 0.05) is 11.8 Å². The van der Waals surface area contributed by atoms with E-state index in [1.165, 1.54) is 22.0 Å². The molecule has 0 radical (unpaired) electrons. The van der Waals surface area contributed by atoms with E-state index in [4.69, 9.17) is 4.42 Å². The number of thiazole rings is 1. The molecule has 0 bridgehead atoms. The summed E-state index contributed by atoms with van der Waals surface area (Å²) >= 11 is 1.19. The van der Waals surface area contributed by atoms with E-state index in [0.717, 1.165) is 0 Å². The second-order valence-corrected chi connectivity index (χ2v) is 7.94. The molecule has 9 heteroatoms. The van der Waals surface area contributed by atoms with Crippen LogP contribution in [-0.4, -0.2) is 30.5 Å². The Morgan fingerprint density at radius 3 is 2.75 bits per heavy atom. The van der Waals surface area contributed by atoms with E-state index in [1.54, 1.807) is 55.6 Å². The fourth-order valence-electron chi connectivity index (χ4n) is 3.49. The highest BCUT2D eigenvalue weighted by atomic mass is 32.1. The first-order valence-electron chi connectivity index (χ1n) is 9.48. The number of hydrogen-bond acceptors (Lipinski definition) is 8. The maximum atomic E-state index is 13.3. The minimum atomic E-state index is -0.610. The van der Waals surface area contributed by atoms with Gasteiger partial charge in [-0.3, -0.25) is 9.36 Å². The van der Waals surface area contributed by atoms with Crippen LogP contribution in [0.5, 0.6) is 11.6 Å². The van der Waals surface area contributed by atoms with E-state index >= 15 is 0 Å². The Hall–Kier alpha value is -4.42. The van der Waals surface area contributed by atoms with Crippen molar-refractivity contribution in [3.8, 4) is 34.1 Å². The molecule has 4 aromatic heterocycles. The van der Waals surface area contributed by atoms with Crippen LogP contribution in [-0.2, 0) is 0 Å². The average Bonchev–Trinajstić information content (AvgIpc) is 3.49. The summed E-state index contributed by atoms with van der Waals surface area (Å²) in [5, 5.41) is 31.4. The van der Waals surface area contributed by atoms with Crippen molar-refractivity contribution in [1.29, 1.82) is 5.26 Å². The molecular formula is C23H14N4O4S. The molecular weight excluding hydrogens is 428 g/mol. The number of pyridine rings is 1. The summed E-state index contributed by atoms with van der Waals surface area (Å²) in [5.41, 5.74) is 1.44. The number of ketones is 1. The average molecular weight is 442 g/mol. The van der Waals surface area contributed by atoms with Gasteiger partial charge in [0.05, 0.1) is 22.9 Å². The van der Waals surface area contributed by atoms with Crippen LogP contribution in [0.25, 0.3) is 26.7 Å². The first kappa shape index (κ1) is 19.5. The predicted molar refractivity (Wildman–Crippen MR) is 117 cm³/mol. The van der Waals surface area contributed by atoms with Gasteiger partial charge < -0.3 is 14.6 Å². The topological polar surface area (TPSA) is 125 Å². The third kappa shape index (κ3) is 3.02.